The summed E-state index contributed by atoms with van der Waals surface area (Å²) in [5.74, 6) is -0.563. The second-order valence-electron chi connectivity index (χ2n) is 22.6. The highest BCUT2D eigenvalue weighted by molar-refractivity contribution is 7.45. The first-order chi connectivity index (χ1) is 37.9. The third-order valence-electron chi connectivity index (χ3n) is 13.8. The highest BCUT2D eigenvalue weighted by Gasteiger charge is 2.27. The number of rotatable bonds is 57. The van der Waals surface area contributed by atoms with E-state index in [0.29, 0.717) is 17.4 Å². The number of phosphoric acid groups is 1. The van der Waals surface area contributed by atoms with Crippen molar-refractivity contribution in [2.45, 2.75) is 283 Å². The van der Waals surface area contributed by atoms with Crippen molar-refractivity contribution in [3.63, 3.8) is 0 Å². The monoisotopic (exact) mass is 1110 g/mol. The van der Waals surface area contributed by atoms with Gasteiger partial charge in [-0.3, -0.25) is 14.2 Å². The molecule has 0 aromatic heterocycles. The number of nitrogens with one attached hydrogen (secondary N) is 1. The van der Waals surface area contributed by atoms with Crippen LogP contribution in [0.5, 0.6) is 0 Å². The fraction of sp³-hybridized carbons (Fsp3) is 0.735. The number of phosphoric ester groups is 1. The van der Waals surface area contributed by atoms with E-state index in [1.165, 1.54) is 103 Å². The van der Waals surface area contributed by atoms with Gasteiger partial charge in [-0.05, 0) is 102 Å². The molecule has 450 valence electrons. The van der Waals surface area contributed by atoms with Gasteiger partial charge in [0.2, 0.25) is 5.91 Å². The summed E-state index contributed by atoms with van der Waals surface area (Å²) in [6, 6.07) is -0.902. The molecule has 0 aliphatic heterocycles. The summed E-state index contributed by atoms with van der Waals surface area (Å²) in [7, 11) is 1.16. The molecule has 10 heteroatoms. The molecule has 0 spiro atoms. The molecular weight excluding hydrogens is 988 g/mol. The van der Waals surface area contributed by atoms with E-state index in [0.717, 1.165) is 135 Å². The van der Waals surface area contributed by atoms with Crippen LogP contribution in [-0.4, -0.2) is 69.4 Å². The normalized spacial score (nSPS) is 14.3. The SMILES string of the molecule is CC/C=C\C/C=C\C/C=C\C/C=C\C/C=C\CCCCCCCCCCCC(=O)OC(/C=C\CCCCCCCCCCCC)C(COP(=O)([O-])OCC[N+](C)(C)C)NC(=O)CCCCCCCC/C=C/C=C/CCCCC. The van der Waals surface area contributed by atoms with Crippen LogP contribution in [0.15, 0.2) is 97.2 Å². The lowest BCUT2D eigenvalue weighted by atomic mass is 10.0. The molecule has 3 atom stereocenters. The summed E-state index contributed by atoms with van der Waals surface area (Å²) >= 11 is 0. The van der Waals surface area contributed by atoms with Crippen molar-refractivity contribution in [2.75, 3.05) is 40.9 Å². The van der Waals surface area contributed by atoms with Crippen molar-refractivity contribution in [3.05, 3.63) is 97.2 Å². The molecule has 0 aliphatic carbocycles. The number of carbonyl (C=O) groups excluding carboxylic acids is 2. The second-order valence-corrected chi connectivity index (χ2v) is 24.0. The van der Waals surface area contributed by atoms with Crippen LogP contribution < -0.4 is 10.2 Å². The number of unbranched alkanes of at least 4 members (excludes halogenated alkanes) is 28. The first-order valence-electron chi connectivity index (χ1n) is 32.1. The summed E-state index contributed by atoms with van der Waals surface area (Å²) in [4.78, 5) is 40.0. The summed E-state index contributed by atoms with van der Waals surface area (Å²) in [6.07, 6.45) is 76.6. The van der Waals surface area contributed by atoms with E-state index in [2.05, 4.69) is 111 Å². The maximum absolute atomic E-state index is 13.5. The van der Waals surface area contributed by atoms with Gasteiger partial charge in [0.05, 0.1) is 33.8 Å². The van der Waals surface area contributed by atoms with Crippen molar-refractivity contribution < 1.29 is 37.3 Å². The number of esters is 1. The largest absolute Gasteiger partial charge is 0.756 e. The van der Waals surface area contributed by atoms with Crippen LogP contribution in [0.25, 0.3) is 0 Å². The van der Waals surface area contributed by atoms with Gasteiger partial charge in [0.25, 0.3) is 7.82 Å². The predicted octanol–water partition coefficient (Wildman–Crippen LogP) is 19.3. The predicted molar refractivity (Wildman–Crippen MR) is 334 cm³/mol. The van der Waals surface area contributed by atoms with Crippen molar-refractivity contribution in [1.82, 2.24) is 5.32 Å². The van der Waals surface area contributed by atoms with Gasteiger partial charge in [0.1, 0.15) is 19.3 Å². The number of quaternary nitrogens is 1. The summed E-state index contributed by atoms with van der Waals surface area (Å²) in [6.45, 7) is 6.69. The number of amides is 1. The number of hydrogen-bond acceptors (Lipinski definition) is 7. The third-order valence-corrected chi connectivity index (χ3v) is 14.7. The quantitative estimate of drug-likeness (QED) is 0.0161. The minimum absolute atomic E-state index is 0.0296. The molecule has 0 saturated carbocycles. The zero-order chi connectivity index (χ0) is 57.2. The lowest BCUT2D eigenvalue weighted by molar-refractivity contribution is -0.870. The molecule has 78 heavy (non-hydrogen) atoms. The van der Waals surface area contributed by atoms with E-state index in [4.69, 9.17) is 13.8 Å². The van der Waals surface area contributed by atoms with Crippen molar-refractivity contribution in [1.29, 1.82) is 0 Å². The van der Waals surface area contributed by atoms with Crippen LogP contribution in [0, 0.1) is 0 Å². The number of ether oxygens (including phenoxy) is 1. The van der Waals surface area contributed by atoms with E-state index in [9.17, 15) is 19.0 Å². The second kappa shape index (κ2) is 57.2. The van der Waals surface area contributed by atoms with Gasteiger partial charge in [-0.1, -0.05) is 253 Å². The molecule has 0 aromatic carbocycles. The minimum Gasteiger partial charge on any atom is -0.756 e. The van der Waals surface area contributed by atoms with E-state index >= 15 is 0 Å². The van der Waals surface area contributed by atoms with Crippen LogP contribution in [0.1, 0.15) is 271 Å². The standard InChI is InChI=1S/C68H121N2O7P/c1-7-10-13-16-19-22-25-28-30-31-32-33-34-35-36-37-38-39-41-43-46-49-52-55-58-61-68(72)77-66(59-56-53-50-47-44-27-24-21-18-15-12-9-3)65(64-76-78(73,74)75-63-62-70(4,5)6)69-67(71)60-57-54-51-48-45-42-40-29-26-23-20-17-14-11-8-2/h10,13,19-20,22-23,26,28-30,32-33,35-36,56,59,65-66H,7-9,11-12,14-18,21,24-25,27,31,34,37-55,57-58,60-64H2,1-6H3,(H-,69,71,73,74)/b13-10-,22-19-,23-20+,29-26+,30-28-,33-32-,36-35-,59-56-. The molecule has 0 heterocycles. The van der Waals surface area contributed by atoms with Gasteiger partial charge in [-0.25, -0.2) is 0 Å². The molecule has 3 unspecified atom stereocenters. The fourth-order valence-corrected chi connectivity index (χ4v) is 9.56. The van der Waals surface area contributed by atoms with Crippen molar-refractivity contribution in [2.24, 2.45) is 0 Å². The minimum atomic E-state index is -4.71. The summed E-state index contributed by atoms with van der Waals surface area (Å²) < 4.78 is 30.3. The fourth-order valence-electron chi connectivity index (χ4n) is 8.83. The molecular formula is C68H121N2O7P. The first kappa shape index (κ1) is 74.9. The topological polar surface area (TPSA) is 114 Å². The maximum atomic E-state index is 13.5. The lowest BCUT2D eigenvalue weighted by Gasteiger charge is -2.30. The Labute approximate surface area is 481 Å². The Morgan fingerprint density at radius 1 is 0.474 bits per heavy atom. The van der Waals surface area contributed by atoms with Gasteiger partial charge in [0, 0.05) is 12.8 Å². The molecule has 9 nitrogen and oxygen atoms in total. The van der Waals surface area contributed by atoms with Gasteiger partial charge < -0.3 is 28.5 Å². The maximum Gasteiger partial charge on any atom is 0.306 e. The highest BCUT2D eigenvalue weighted by Crippen LogP contribution is 2.38. The van der Waals surface area contributed by atoms with E-state index < -0.39 is 26.6 Å². The third kappa shape index (κ3) is 57.6. The van der Waals surface area contributed by atoms with Crippen LogP contribution >= 0.6 is 7.82 Å². The molecule has 0 bridgehead atoms. The molecule has 0 aliphatic rings. The van der Waals surface area contributed by atoms with Gasteiger partial charge in [-0.15, -0.1) is 0 Å². The molecule has 0 rings (SSSR count). The van der Waals surface area contributed by atoms with Crippen LogP contribution in [0.3, 0.4) is 0 Å². The number of likely N-dealkylation sites (N-methyl/N-ethyl adjacent to an activating group) is 1. The highest BCUT2D eigenvalue weighted by atomic mass is 31.2. The van der Waals surface area contributed by atoms with E-state index in [1.807, 2.05) is 33.3 Å². The Kier molecular flexibility index (Phi) is 54.9. The Morgan fingerprint density at radius 2 is 0.859 bits per heavy atom. The van der Waals surface area contributed by atoms with Gasteiger partial charge in [-0.2, -0.15) is 0 Å². The van der Waals surface area contributed by atoms with Gasteiger partial charge >= 0.3 is 5.97 Å². The summed E-state index contributed by atoms with van der Waals surface area (Å²) in [5.41, 5.74) is 0. The molecule has 0 saturated heterocycles. The van der Waals surface area contributed by atoms with Crippen LogP contribution in [-0.2, 0) is 27.9 Å². The summed E-state index contributed by atoms with van der Waals surface area (Å²) in [5, 5.41) is 3.02. The first-order valence-corrected chi connectivity index (χ1v) is 33.5. The Balaban J connectivity index is 5.18. The van der Waals surface area contributed by atoms with Gasteiger partial charge in [0.15, 0.2) is 0 Å². The van der Waals surface area contributed by atoms with Crippen molar-refractivity contribution in [3.8, 4) is 0 Å². The Morgan fingerprint density at radius 3 is 1.33 bits per heavy atom. The zero-order valence-corrected chi connectivity index (χ0v) is 52.2. The number of hydrogen-bond donors (Lipinski definition) is 1. The number of nitrogens with zero attached hydrogens (tertiary/aromatic N) is 1. The molecule has 0 fully saturated rings. The smallest absolute Gasteiger partial charge is 0.306 e. The molecule has 1 N–H and O–H groups in total. The lowest BCUT2D eigenvalue weighted by Crippen LogP contribution is -2.47. The Bertz CT molecular complexity index is 1660. The van der Waals surface area contributed by atoms with Crippen LogP contribution in [0.2, 0.25) is 0 Å². The molecule has 1 amide bonds. The van der Waals surface area contributed by atoms with E-state index in [-0.39, 0.29) is 24.9 Å². The van der Waals surface area contributed by atoms with Crippen LogP contribution in [0.4, 0.5) is 0 Å². The zero-order valence-electron chi connectivity index (χ0n) is 51.3. The number of carbonyl (C=O) groups is 2. The average Bonchev–Trinajstić information content (AvgIpc) is 3.40. The Hall–Kier alpha value is -3.07. The average molecular weight is 1110 g/mol. The van der Waals surface area contributed by atoms with Crippen molar-refractivity contribution >= 4 is 19.7 Å². The van der Waals surface area contributed by atoms with E-state index in [1.54, 1.807) is 0 Å². The number of allylic oxidation sites excluding steroid dienone is 15. The molecule has 0 aromatic rings. The molecule has 0 radical (unpaired) electrons.